The van der Waals surface area contributed by atoms with Gasteiger partial charge in [0.2, 0.25) is 0 Å². The summed E-state index contributed by atoms with van der Waals surface area (Å²) >= 11 is 0. The van der Waals surface area contributed by atoms with E-state index in [0.717, 1.165) is 108 Å². The molecule has 0 bridgehead atoms. The second kappa shape index (κ2) is 10.5. The lowest BCUT2D eigenvalue weighted by atomic mass is 10.1. The Bertz CT molecular complexity index is 1250. The van der Waals surface area contributed by atoms with Crippen LogP contribution in [0.15, 0.2) is 67.4 Å². The van der Waals surface area contributed by atoms with Gasteiger partial charge in [-0.25, -0.2) is 0 Å². The number of halogens is 2. The third kappa shape index (κ3) is 4.93. The van der Waals surface area contributed by atoms with Crippen LogP contribution in [0.1, 0.15) is 35.5 Å². The monoisotopic (exact) mass is 498 g/mol. The van der Waals surface area contributed by atoms with Crippen molar-refractivity contribution < 1.29 is 8.83 Å². The Morgan fingerprint density at radius 3 is 1.53 bits per heavy atom. The molecular weight excluding hydrogens is 471 g/mol. The van der Waals surface area contributed by atoms with Crippen molar-refractivity contribution in [3.05, 3.63) is 71.2 Å². The Kier molecular flexibility index (Phi) is 7.49. The highest BCUT2D eigenvalue weighted by atomic mass is 35.5. The minimum absolute atomic E-state index is 0. The van der Waals surface area contributed by atoms with Crippen molar-refractivity contribution in [1.82, 2.24) is 10.6 Å². The van der Waals surface area contributed by atoms with E-state index < -0.39 is 0 Å². The predicted molar refractivity (Wildman–Crippen MR) is 142 cm³/mol. The molecule has 0 amide bonds. The first-order chi connectivity index (χ1) is 15.8. The van der Waals surface area contributed by atoms with Gasteiger partial charge in [0.15, 0.2) is 0 Å². The molecule has 34 heavy (non-hydrogen) atoms. The molecule has 2 aromatic heterocycles. The summed E-state index contributed by atoms with van der Waals surface area (Å²) in [6.07, 6.45) is 3.98. The summed E-state index contributed by atoms with van der Waals surface area (Å²) in [5.41, 5.74) is 4.06. The van der Waals surface area contributed by atoms with Crippen LogP contribution in [0.4, 0.5) is 0 Å². The van der Waals surface area contributed by atoms with Crippen molar-refractivity contribution in [2.24, 2.45) is 9.98 Å². The van der Waals surface area contributed by atoms with E-state index in [1.165, 1.54) is 0 Å². The van der Waals surface area contributed by atoms with Crippen LogP contribution >= 0.6 is 24.8 Å². The van der Waals surface area contributed by atoms with E-state index >= 15 is 0 Å². The molecule has 0 unspecified atom stereocenters. The molecule has 4 aromatic rings. The fourth-order valence-electron chi connectivity index (χ4n) is 4.49. The lowest BCUT2D eigenvalue weighted by molar-refractivity contribution is 0.509. The topological polar surface area (TPSA) is 75.1 Å². The van der Waals surface area contributed by atoms with E-state index in [1.807, 2.05) is 0 Å². The number of furan rings is 2. The summed E-state index contributed by atoms with van der Waals surface area (Å²) in [4.78, 5) is 8.99. The van der Waals surface area contributed by atoms with Gasteiger partial charge in [0.05, 0.1) is 13.1 Å². The molecule has 6 nitrogen and oxygen atoms in total. The molecule has 178 valence electrons. The zero-order valence-corrected chi connectivity index (χ0v) is 20.4. The van der Waals surface area contributed by atoms with Crippen LogP contribution in [0.5, 0.6) is 0 Å². The number of hydrogen-bond donors (Lipinski definition) is 2. The maximum absolute atomic E-state index is 6.11. The summed E-state index contributed by atoms with van der Waals surface area (Å²) in [7, 11) is 0. The second-order valence-electron chi connectivity index (χ2n) is 8.45. The van der Waals surface area contributed by atoms with Crippen molar-refractivity contribution in [1.29, 1.82) is 0 Å². The van der Waals surface area contributed by atoms with Crippen LogP contribution in [0.3, 0.4) is 0 Å². The van der Waals surface area contributed by atoms with E-state index in [1.54, 1.807) is 0 Å². The van der Waals surface area contributed by atoms with Gasteiger partial charge in [-0.2, -0.15) is 0 Å². The summed E-state index contributed by atoms with van der Waals surface area (Å²) in [6, 6.07) is 17.0. The van der Waals surface area contributed by atoms with Gasteiger partial charge in [-0.3, -0.25) is 9.98 Å². The molecule has 0 aliphatic carbocycles. The highest BCUT2D eigenvalue weighted by molar-refractivity contribution is 6.02. The quantitative estimate of drug-likeness (QED) is 0.339. The first-order valence-corrected chi connectivity index (χ1v) is 11.4. The number of nitrogens with one attached hydrogen (secondary N) is 2. The van der Waals surface area contributed by atoms with Crippen LogP contribution in [0.25, 0.3) is 21.9 Å². The molecule has 0 saturated heterocycles. The maximum Gasteiger partial charge on any atom is 0.135 e. The van der Waals surface area contributed by atoms with Gasteiger partial charge in [-0.1, -0.05) is 24.3 Å². The summed E-state index contributed by atoms with van der Waals surface area (Å²) in [5, 5.41) is 8.94. The van der Waals surface area contributed by atoms with Gasteiger partial charge in [0.25, 0.3) is 0 Å². The van der Waals surface area contributed by atoms with Gasteiger partial charge < -0.3 is 19.5 Å². The molecule has 2 N–H and O–H groups in total. The molecule has 0 radical (unpaired) electrons. The number of hydrogen-bond acceptors (Lipinski definition) is 6. The molecule has 0 fully saturated rings. The molecule has 0 atom stereocenters. The first-order valence-electron chi connectivity index (χ1n) is 11.4. The standard InChI is InChI=1S/C26H26N4O2.2ClH/c1(3-21-13-17-5-7-19(15-23(17)31-21)25-27-9-10-28-25)2-4-22-14-18-6-8-20(16-24(18)32-22)26-29-11-12-30-26;;/h5-8,13-16H,1-4,9-12H2,(H,27,28)(H,29,30);2*1H. The van der Waals surface area contributed by atoms with Gasteiger partial charge in [0, 0.05) is 47.8 Å². The molecule has 2 aromatic carbocycles. The highest BCUT2D eigenvalue weighted by Crippen LogP contribution is 2.25. The van der Waals surface area contributed by atoms with E-state index in [0.29, 0.717) is 0 Å². The average molecular weight is 499 g/mol. The number of benzene rings is 2. The van der Waals surface area contributed by atoms with E-state index in [-0.39, 0.29) is 24.8 Å². The Morgan fingerprint density at radius 1 is 0.647 bits per heavy atom. The zero-order chi connectivity index (χ0) is 21.3. The van der Waals surface area contributed by atoms with E-state index in [4.69, 9.17) is 8.83 Å². The molecule has 2 aliphatic heterocycles. The van der Waals surface area contributed by atoms with Crippen LogP contribution < -0.4 is 10.6 Å². The highest BCUT2D eigenvalue weighted by Gasteiger charge is 2.12. The third-order valence-electron chi connectivity index (χ3n) is 6.13. The molecule has 0 saturated carbocycles. The van der Waals surface area contributed by atoms with Crippen LogP contribution in [0.2, 0.25) is 0 Å². The van der Waals surface area contributed by atoms with Gasteiger partial charge in [-0.05, 0) is 37.1 Å². The molecule has 4 heterocycles. The number of aryl methyl sites for hydroxylation is 2. The van der Waals surface area contributed by atoms with Gasteiger partial charge in [0.1, 0.15) is 34.4 Å². The van der Waals surface area contributed by atoms with Crippen molar-refractivity contribution in [3.63, 3.8) is 0 Å². The van der Waals surface area contributed by atoms with Crippen molar-refractivity contribution in [3.8, 4) is 0 Å². The summed E-state index contributed by atoms with van der Waals surface area (Å²) in [5.74, 6) is 4.01. The Balaban J connectivity index is 0.00000137. The Hall–Kier alpha value is -2.96. The maximum atomic E-state index is 6.11. The minimum atomic E-state index is 0. The van der Waals surface area contributed by atoms with Crippen molar-refractivity contribution >= 4 is 58.4 Å². The number of amidine groups is 2. The molecular formula is C26H28Cl2N4O2. The minimum Gasteiger partial charge on any atom is -0.461 e. The van der Waals surface area contributed by atoms with Crippen molar-refractivity contribution in [2.45, 2.75) is 25.7 Å². The number of aliphatic imine (C=N–C) groups is 2. The number of rotatable bonds is 7. The van der Waals surface area contributed by atoms with Crippen LogP contribution in [-0.2, 0) is 12.8 Å². The number of unbranched alkanes of at least 4 members (excludes halogenated alkanes) is 1. The van der Waals surface area contributed by atoms with E-state index in [2.05, 4.69) is 69.1 Å². The van der Waals surface area contributed by atoms with Gasteiger partial charge in [-0.15, -0.1) is 24.8 Å². The Morgan fingerprint density at radius 2 is 1.12 bits per heavy atom. The van der Waals surface area contributed by atoms with Crippen LogP contribution in [-0.4, -0.2) is 37.9 Å². The molecule has 6 rings (SSSR count). The SMILES string of the molecule is Cl.Cl.c1cc2cc(CCCCc3cc4ccc(C5=NCCN5)cc4o3)oc2cc1C1=NCCN1. The fourth-order valence-corrected chi connectivity index (χ4v) is 4.49. The molecule has 0 spiro atoms. The summed E-state index contributed by atoms with van der Waals surface area (Å²) < 4.78 is 12.2. The molecule has 2 aliphatic rings. The second-order valence-corrected chi connectivity index (χ2v) is 8.45. The fraction of sp³-hybridized carbons (Fsp3) is 0.308. The van der Waals surface area contributed by atoms with Gasteiger partial charge >= 0.3 is 0 Å². The lowest BCUT2D eigenvalue weighted by Crippen LogP contribution is -2.19. The summed E-state index contributed by atoms with van der Waals surface area (Å²) in [6.45, 7) is 3.51. The number of nitrogens with zero attached hydrogens (tertiary/aromatic N) is 2. The number of fused-ring (bicyclic) bond motifs is 2. The smallest absolute Gasteiger partial charge is 0.135 e. The molecule has 8 heteroatoms. The predicted octanol–water partition coefficient (Wildman–Crippen LogP) is 5.29. The lowest BCUT2D eigenvalue weighted by Gasteiger charge is -2.01. The zero-order valence-electron chi connectivity index (χ0n) is 18.8. The Labute approximate surface area is 210 Å². The normalized spacial score (nSPS) is 14.8. The largest absolute Gasteiger partial charge is 0.461 e. The van der Waals surface area contributed by atoms with Crippen molar-refractivity contribution in [2.75, 3.05) is 26.2 Å². The van der Waals surface area contributed by atoms with Crippen LogP contribution in [0, 0.1) is 0 Å². The first kappa shape index (κ1) is 24.2. The van der Waals surface area contributed by atoms with E-state index in [9.17, 15) is 0 Å². The third-order valence-corrected chi connectivity index (χ3v) is 6.13. The average Bonchev–Trinajstić information content (AvgIpc) is 3.61.